The molecule has 1 heterocycles. The van der Waals surface area contributed by atoms with Crippen molar-refractivity contribution >= 4 is 10.0 Å². The Morgan fingerprint density at radius 1 is 0.870 bits per heavy atom. The Balaban J connectivity index is 2.09. The van der Waals surface area contributed by atoms with E-state index in [0.717, 1.165) is 22.5 Å². The van der Waals surface area contributed by atoms with Crippen LogP contribution in [-0.4, -0.2) is 13.0 Å². The molecule has 0 aliphatic heterocycles. The molecule has 0 atom stereocenters. The molecule has 0 unspecified atom stereocenters. The van der Waals surface area contributed by atoms with Gasteiger partial charge in [-0.05, 0) is 55.3 Å². The Labute approximate surface area is 136 Å². The number of sulfonamides is 1. The minimum absolute atomic E-state index is 0.113. The molecule has 2 aromatic carbocycles. The molecule has 0 aliphatic carbocycles. The number of aromatic nitrogens is 1. The summed E-state index contributed by atoms with van der Waals surface area (Å²) in [6.45, 7) is 4.09. The van der Waals surface area contributed by atoms with Crippen LogP contribution >= 0.6 is 0 Å². The Morgan fingerprint density at radius 2 is 1.48 bits per heavy atom. The van der Waals surface area contributed by atoms with Gasteiger partial charge in [0.25, 0.3) is 0 Å². The highest BCUT2D eigenvalue weighted by molar-refractivity contribution is 7.89. The van der Waals surface area contributed by atoms with Crippen LogP contribution in [0, 0.1) is 13.8 Å². The number of hydrogen-bond donors (Lipinski definition) is 1. The van der Waals surface area contributed by atoms with Gasteiger partial charge in [-0.1, -0.05) is 29.8 Å². The summed E-state index contributed by atoms with van der Waals surface area (Å²) in [6.07, 6.45) is 2.03. The van der Waals surface area contributed by atoms with Gasteiger partial charge in [0, 0.05) is 11.9 Å². The largest absolute Gasteiger partial charge is 0.316 e. The number of nitrogens with zero attached hydrogens (tertiary/aromatic N) is 1. The second kappa shape index (κ2) is 5.68. The summed E-state index contributed by atoms with van der Waals surface area (Å²) in [5.74, 6) is 0. The fourth-order valence-corrected chi connectivity index (χ4v) is 3.07. The molecule has 0 fully saturated rings. The molecule has 118 valence electrons. The van der Waals surface area contributed by atoms with Gasteiger partial charge >= 0.3 is 0 Å². The predicted molar refractivity (Wildman–Crippen MR) is 92.1 cm³/mol. The van der Waals surface area contributed by atoms with Crippen molar-refractivity contribution in [2.75, 3.05) is 0 Å². The number of hydrogen-bond acceptors (Lipinski definition) is 2. The third-order valence-corrected chi connectivity index (χ3v) is 4.68. The Hall–Kier alpha value is -2.37. The van der Waals surface area contributed by atoms with Crippen LogP contribution in [-0.2, 0) is 10.0 Å². The van der Waals surface area contributed by atoms with E-state index in [4.69, 9.17) is 5.14 Å². The van der Waals surface area contributed by atoms with Crippen LogP contribution in [0.1, 0.15) is 11.1 Å². The molecule has 0 saturated heterocycles. The molecule has 1 aromatic heterocycles. The predicted octanol–water partition coefficient (Wildman–Crippen LogP) is 3.41. The van der Waals surface area contributed by atoms with Crippen LogP contribution in [0.3, 0.4) is 0 Å². The van der Waals surface area contributed by atoms with Crippen LogP contribution in [0.5, 0.6) is 0 Å². The SMILES string of the molecule is Cc1ccc(-c2cc(C)cn2-c2ccc(S(N)(=O)=O)cc2)cc1. The van der Waals surface area contributed by atoms with E-state index in [1.807, 2.05) is 17.7 Å². The molecule has 0 bridgehead atoms. The second-order valence-electron chi connectivity index (χ2n) is 5.68. The van der Waals surface area contributed by atoms with Crippen molar-refractivity contribution in [2.24, 2.45) is 5.14 Å². The molecule has 0 radical (unpaired) electrons. The van der Waals surface area contributed by atoms with E-state index in [-0.39, 0.29) is 4.90 Å². The van der Waals surface area contributed by atoms with Gasteiger partial charge in [0.1, 0.15) is 0 Å². The van der Waals surface area contributed by atoms with Crippen molar-refractivity contribution < 1.29 is 8.42 Å². The number of primary sulfonamides is 1. The third-order valence-electron chi connectivity index (χ3n) is 3.75. The number of nitrogens with two attached hydrogens (primary N) is 1. The molecule has 23 heavy (non-hydrogen) atoms. The van der Waals surface area contributed by atoms with Gasteiger partial charge in [0.15, 0.2) is 0 Å². The van der Waals surface area contributed by atoms with Crippen LogP contribution in [0.4, 0.5) is 0 Å². The maximum Gasteiger partial charge on any atom is 0.238 e. The fourth-order valence-electron chi connectivity index (χ4n) is 2.55. The Kier molecular flexibility index (Phi) is 3.83. The zero-order valence-electron chi connectivity index (χ0n) is 13.0. The lowest BCUT2D eigenvalue weighted by atomic mass is 10.1. The first-order chi connectivity index (χ1) is 10.8. The molecule has 0 saturated carbocycles. The fraction of sp³-hybridized carbons (Fsp3) is 0.111. The van der Waals surface area contributed by atoms with Crippen molar-refractivity contribution in [1.82, 2.24) is 4.57 Å². The number of rotatable bonds is 3. The average molecular weight is 326 g/mol. The van der Waals surface area contributed by atoms with Gasteiger partial charge in [0.05, 0.1) is 10.6 Å². The molecule has 0 aliphatic rings. The monoisotopic (exact) mass is 326 g/mol. The highest BCUT2D eigenvalue weighted by Crippen LogP contribution is 2.26. The summed E-state index contributed by atoms with van der Waals surface area (Å²) >= 11 is 0. The molecular formula is C18H18N2O2S. The highest BCUT2D eigenvalue weighted by atomic mass is 32.2. The normalized spacial score (nSPS) is 11.6. The standard InChI is InChI=1S/C18H18N2O2S/c1-13-3-5-15(6-4-13)18-11-14(2)12-20(18)16-7-9-17(10-8-16)23(19,21)22/h3-12H,1-2H3,(H2,19,21,22). The van der Waals surface area contributed by atoms with Gasteiger partial charge in [-0.2, -0.15) is 0 Å². The topological polar surface area (TPSA) is 65.1 Å². The van der Waals surface area contributed by atoms with Crippen molar-refractivity contribution in [2.45, 2.75) is 18.7 Å². The maximum absolute atomic E-state index is 11.4. The van der Waals surface area contributed by atoms with E-state index in [9.17, 15) is 8.42 Å². The maximum atomic E-state index is 11.4. The van der Waals surface area contributed by atoms with Crippen LogP contribution in [0.25, 0.3) is 16.9 Å². The van der Waals surface area contributed by atoms with Crippen molar-refractivity contribution in [3.63, 3.8) is 0 Å². The van der Waals surface area contributed by atoms with E-state index in [0.29, 0.717) is 0 Å². The van der Waals surface area contributed by atoms with Gasteiger partial charge in [-0.25, -0.2) is 13.6 Å². The van der Waals surface area contributed by atoms with Crippen molar-refractivity contribution in [1.29, 1.82) is 0 Å². The summed E-state index contributed by atoms with van der Waals surface area (Å²) in [7, 11) is -3.67. The molecule has 2 N–H and O–H groups in total. The number of aryl methyl sites for hydroxylation is 2. The van der Waals surface area contributed by atoms with E-state index >= 15 is 0 Å². The van der Waals surface area contributed by atoms with E-state index in [1.54, 1.807) is 12.1 Å². The molecule has 3 aromatic rings. The molecule has 5 heteroatoms. The van der Waals surface area contributed by atoms with Gasteiger partial charge < -0.3 is 4.57 Å². The van der Waals surface area contributed by atoms with Crippen LogP contribution < -0.4 is 5.14 Å². The minimum Gasteiger partial charge on any atom is -0.316 e. The van der Waals surface area contributed by atoms with Crippen LogP contribution in [0.2, 0.25) is 0 Å². The molecule has 4 nitrogen and oxygen atoms in total. The quantitative estimate of drug-likeness (QED) is 0.801. The first-order valence-corrected chi connectivity index (χ1v) is 8.78. The first-order valence-electron chi connectivity index (χ1n) is 7.24. The molecule has 0 amide bonds. The second-order valence-corrected chi connectivity index (χ2v) is 7.24. The zero-order chi connectivity index (χ0) is 16.6. The first kappa shape index (κ1) is 15.5. The zero-order valence-corrected chi connectivity index (χ0v) is 13.8. The van der Waals surface area contributed by atoms with Gasteiger partial charge in [-0.15, -0.1) is 0 Å². The summed E-state index contributed by atoms with van der Waals surface area (Å²) in [5, 5.41) is 5.15. The Morgan fingerprint density at radius 3 is 2.04 bits per heavy atom. The summed E-state index contributed by atoms with van der Waals surface area (Å²) in [6, 6.07) is 17.0. The smallest absolute Gasteiger partial charge is 0.238 e. The molecule has 0 spiro atoms. The summed E-state index contributed by atoms with van der Waals surface area (Å²) in [5.41, 5.74) is 5.41. The van der Waals surface area contributed by atoms with E-state index in [2.05, 4.69) is 37.3 Å². The lowest BCUT2D eigenvalue weighted by molar-refractivity contribution is 0.598. The van der Waals surface area contributed by atoms with Crippen LogP contribution in [0.15, 0.2) is 65.7 Å². The highest BCUT2D eigenvalue weighted by Gasteiger charge is 2.11. The van der Waals surface area contributed by atoms with Crippen molar-refractivity contribution in [3.8, 4) is 16.9 Å². The molecule has 3 rings (SSSR count). The lowest BCUT2D eigenvalue weighted by Gasteiger charge is -2.10. The van der Waals surface area contributed by atoms with Crippen molar-refractivity contribution in [3.05, 3.63) is 71.9 Å². The molecular weight excluding hydrogens is 308 g/mol. The summed E-state index contributed by atoms with van der Waals surface area (Å²) < 4.78 is 24.8. The Bertz CT molecular complexity index is 938. The van der Waals surface area contributed by atoms with E-state index in [1.165, 1.54) is 17.7 Å². The van der Waals surface area contributed by atoms with Gasteiger partial charge in [-0.3, -0.25) is 0 Å². The minimum atomic E-state index is -3.67. The average Bonchev–Trinajstić information content (AvgIpc) is 2.89. The van der Waals surface area contributed by atoms with E-state index < -0.39 is 10.0 Å². The van der Waals surface area contributed by atoms with Gasteiger partial charge in [0.2, 0.25) is 10.0 Å². The number of benzene rings is 2. The lowest BCUT2D eigenvalue weighted by Crippen LogP contribution is -2.12. The third kappa shape index (κ3) is 3.21. The summed E-state index contributed by atoms with van der Waals surface area (Å²) in [4.78, 5) is 0.113.